The van der Waals surface area contributed by atoms with Crippen LogP contribution in [0.25, 0.3) is 22.5 Å². The van der Waals surface area contributed by atoms with Crippen LogP contribution >= 0.6 is 0 Å². The van der Waals surface area contributed by atoms with Gasteiger partial charge >= 0.3 is 0 Å². The number of halogens is 1. The molecule has 1 aliphatic carbocycles. The number of aromatic nitrogens is 2. The van der Waals surface area contributed by atoms with Gasteiger partial charge in [-0.25, -0.2) is 4.39 Å². The Morgan fingerprint density at radius 3 is 2.64 bits per heavy atom. The number of rotatable bonds is 4. The van der Waals surface area contributed by atoms with Crippen LogP contribution in [-0.4, -0.2) is 21.2 Å². The van der Waals surface area contributed by atoms with Gasteiger partial charge in [0.25, 0.3) is 0 Å². The topological polar surface area (TPSA) is 78.0 Å². The molecule has 0 aliphatic heterocycles. The third kappa shape index (κ3) is 3.24. The third-order valence-corrected chi connectivity index (χ3v) is 4.22. The van der Waals surface area contributed by atoms with Crippen LogP contribution in [0.15, 0.2) is 48.5 Å². The van der Waals surface area contributed by atoms with Crippen LogP contribution in [0.5, 0.6) is 5.75 Å². The van der Waals surface area contributed by atoms with E-state index >= 15 is 0 Å². The Morgan fingerprint density at radius 1 is 1.16 bits per heavy atom. The molecule has 1 fully saturated rings. The van der Waals surface area contributed by atoms with E-state index in [1.54, 1.807) is 6.07 Å². The predicted molar refractivity (Wildman–Crippen MR) is 92.4 cm³/mol. The van der Waals surface area contributed by atoms with E-state index in [0.717, 1.165) is 24.1 Å². The van der Waals surface area contributed by atoms with Crippen LogP contribution in [0, 0.1) is 11.7 Å². The lowest BCUT2D eigenvalue weighted by Crippen LogP contribution is -2.12. The van der Waals surface area contributed by atoms with Gasteiger partial charge in [-0.1, -0.05) is 12.1 Å². The molecular formula is C19H16FN3O2. The highest BCUT2D eigenvalue weighted by molar-refractivity contribution is 5.94. The summed E-state index contributed by atoms with van der Waals surface area (Å²) < 4.78 is 13.4. The maximum absolute atomic E-state index is 13.4. The fourth-order valence-electron chi connectivity index (χ4n) is 2.65. The summed E-state index contributed by atoms with van der Waals surface area (Å²) in [5, 5.41) is 19.8. The number of aromatic amines is 1. The Bertz CT molecular complexity index is 930. The molecule has 0 saturated heterocycles. The number of phenolic OH excluding ortho intramolecular Hbond substituents is 1. The number of amides is 1. The minimum absolute atomic E-state index is 0.0188. The molecule has 4 rings (SSSR count). The molecule has 2 aromatic carbocycles. The smallest absolute Gasteiger partial charge is 0.227 e. The van der Waals surface area contributed by atoms with Gasteiger partial charge in [-0.3, -0.25) is 9.89 Å². The van der Waals surface area contributed by atoms with Gasteiger partial charge in [0.1, 0.15) is 11.6 Å². The first-order chi connectivity index (χ1) is 12.1. The average Bonchev–Trinajstić information content (AvgIpc) is 3.36. The van der Waals surface area contributed by atoms with Crippen molar-refractivity contribution in [3.8, 4) is 28.3 Å². The average molecular weight is 337 g/mol. The molecule has 25 heavy (non-hydrogen) atoms. The van der Waals surface area contributed by atoms with Crippen molar-refractivity contribution < 1.29 is 14.3 Å². The van der Waals surface area contributed by atoms with E-state index in [1.165, 1.54) is 18.2 Å². The predicted octanol–water partition coefficient (Wildman–Crippen LogP) is 3.94. The summed E-state index contributed by atoms with van der Waals surface area (Å²) in [6.45, 7) is 0. The van der Waals surface area contributed by atoms with Crippen LogP contribution in [0.2, 0.25) is 0 Å². The summed E-state index contributed by atoms with van der Waals surface area (Å²) >= 11 is 0. The van der Waals surface area contributed by atoms with Crippen LogP contribution < -0.4 is 5.32 Å². The van der Waals surface area contributed by atoms with Crippen molar-refractivity contribution in [2.75, 3.05) is 5.32 Å². The standard InChI is InChI=1S/C19H16FN3O2/c20-13-5-8-18(24)15(9-13)17-10-16(22-23-17)11-3-6-14(7-4-11)21-19(25)12-1-2-12/h3-10,12,24H,1-2H2,(H,21,25)(H,22,23). The monoisotopic (exact) mass is 337 g/mol. The van der Waals surface area contributed by atoms with Gasteiger partial charge in [-0.15, -0.1) is 0 Å². The summed E-state index contributed by atoms with van der Waals surface area (Å²) in [5.74, 6) is -0.224. The molecule has 0 spiro atoms. The number of carbonyl (C=O) groups excluding carboxylic acids is 1. The van der Waals surface area contributed by atoms with Gasteiger partial charge in [0.2, 0.25) is 5.91 Å². The number of aromatic hydroxyl groups is 1. The van der Waals surface area contributed by atoms with E-state index in [9.17, 15) is 14.3 Å². The highest BCUT2D eigenvalue weighted by atomic mass is 19.1. The first-order valence-electron chi connectivity index (χ1n) is 8.06. The van der Waals surface area contributed by atoms with Crippen molar-refractivity contribution in [2.45, 2.75) is 12.8 Å². The van der Waals surface area contributed by atoms with Crippen LogP contribution in [0.3, 0.4) is 0 Å². The summed E-state index contributed by atoms with van der Waals surface area (Å²) in [6, 6.07) is 12.9. The van der Waals surface area contributed by atoms with Crippen molar-refractivity contribution in [3.63, 3.8) is 0 Å². The molecule has 126 valence electrons. The summed E-state index contributed by atoms with van der Waals surface area (Å²) in [6.07, 6.45) is 1.93. The molecule has 1 amide bonds. The Labute approximate surface area is 143 Å². The molecule has 5 nitrogen and oxygen atoms in total. The second-order valence-electron chi connectivity index (χ2n) is 6.17. The van der Waals surface area contributed by atoms with E-state index in [2.05, 4.69) is 15.5 Å². The Balaban J connectivity index is 1.55. The molecule has 3 aromatic rings. The minimum atomic E-state index is -0.431. The van der Waals surface area contributed by atoms with Crippen LogP contribution in [-0.2, 0) is 4.79 Å². The number of phenols is 1. The van der Waals surface area contributed by atoms with E-state index in [1.807, 2.05) is 24.3 Å². The van der Waals surface area contributed by atoms with E-state index < -0.39 is 5.82 Å². The number of hydrogen-bond donors (Lipinski definition) is 3. The van der Waals surface area contributed by atoms with Crippen LogP contribution in [0.1, 0.15) is 12.8 Å². The van der Waals surface area contributed by atoms with Gasteiger partial charge in [-0.2, -0.15) is 5.10 Å². The maximum Gasteiger partial charge on any atom is 0.227 e. The fraction of sp³-hybridized carbons (Fsp3) is 0.158. The third-order valence-electron chi connectivity index (χ3n) is 4.22. The fourth-order valence-corrected chi connectivity index (χ4v) is 2.65. The number of anilines is 1. The first-order valence-corrected chi connectivity index (χ1v) is 8.06. The summed E-state index contributed by atoms with van der Waals surface area (Å²) in [7, 11) is 0. The van der Waals surface area contributed by atoms with E-state index in [4.69, 9.17) is 0 Å². The Hall–Kier alpha value is -3.15. The second-order valence-corrected chi connectivity index (χ2v) is 6.17. The van der Waals surface area contributed by atoms with Gasteiger partial charge in [-0.05, 0) is 49.2 Å². The zero-order valence-corrected chi connectivity index (χ0v) is 13.3. The van der Waals surface area contributed by atoms with Gasteiger partial charge in [0.15, 0.2) is 0 Å². The van der Waals surface area contributed by atoms with Crippen molar-refractivity contribution in [2.24, 2.45) is 5.92 Å². The van der Waals surface area contributed by atoms with Gasteiger partial charge in [0.05, 0.1) is 11.4 Å². The Morgan fingerprint density at radius 2 is 1.92 bits per heavy atom. The molecule has 1 heterocycles. The molecule has 1 saturated carbocycles. The van der Waals surface area contributed by atoms with Crippen molar-refractivity contribution in [1.29, 1.82) is 0 Å². The molecule has 0 unspecified atom stereocenters. The molecule has 6 heteroatoms. The Kier molecular flexibility index (Phi) is 3.72. The minimum Gasteiger partial charge on any atom is -0.507 e. The lowest BCUT2D eigenvalue weighted by atomic mass is 10.1. The highest BCUT2D eigenvalue weighted by Gasteiger charge is 2.29. The molecular weight excluding hydrogens is 321 g/mol. The molecule has 1 aliphatic rings. The maximum atomic E-state index is 13.4. The summed E-state index contributed by atoms with van der Waals surface area (Å²) in [4.78, 5) is 11.8. The van der Waals surface area contributed by atoms with Crippen molar-refractivity contribution in [1.82, 2.24) is 10.2 Å². The number of benzene rings is 2. The zero-order chi connectivity index (χ0) is 17.4. The first kappa shape index (κ1) is 15.4. The summed E-state index contributed by atoms with van der Waals surface area (Å²) in [5.41, 5.74) is 3.14. The number of hydrogen-bond acceptors (Lipinski definition) is 3. The van der Waals surface area contributed by atoms with E-state index in [-0.39, 0.29) is 17.6 Å². The zero-order valence-electron chi connectivity index (χ0n) is 13.3. The van der Waals surface area contributed by atoms with Crippen molar-refractivity contribution in [3.05, 3.63) is 54.3 Å². The number of nitrogens with one attached hydrogen (secondary N) is 2. The molecule has 1 aromatic heterocycles. The molecule has 0 atom stereocenters. The molecule has 0 radical (unpaired) electrons. The quantitative estimate of drug-likeness (QED) is 0.675. The highest BCUT2D eigenvalue weighted by Crippen LogP contribution is 2.32. The normalized spacial score (nSPS) is 13.6. The molecule has 0 bridgehead atoms. The SMILES string of the molecule is O=C(Nc1ccc(-c2cc(-c3cc(F)ccc3O)[nH]n2)cc1)C1CC1. The van der Waals surface area contributed by atoms with Crippen LogP contribution in [0.4, 0.5) is 10.1 Å². The lowest BCUT2D eigenvalue weighted by molar-refractivity contribution is -0.117. The van der Waals surface area contributed by atoms with Gasteiger partial charge < -0.3 is 10.4 Å². The van der Waals surface area contributed by atoms with E-state index in [0.29, 0.717) is 17.0 Å². The second kappa shape index (κ2) is 6.05. The van der Waals surface area contributed by atoms with Gasteiger partial charge in [0, 0.05) is 22.7 Å². The number of carbonyl (C=O) groups is 1. The lowest BCUT2D eigenvalue weighted by Gasteiger charge is -2.04. The largest absolute Gasteiger partial charge is 0.507 e. The molecule has 3 N–H and O–H groups in total. The number of H-pyrrole nitrogens is 1. The van der Waals surface area contributed by atoms with Crippen molar-refractivity contribution >= 4 is 11.6 Å². The number of nitrogens with zero attached hydrogens (tertiary/aromatic N) is 1.